The molecule has 0 aliphatic carbocycles. The molecule has 3 aromatic rings. The summed E-state index contributed by atoms with van der Waals surface area (Å²) >= 11 is 5.89. The highest BCUT2D eigenvalue weighted by atomic mass is 35.5. The van der Waals surface area contributed by atoms with Gasteiger partial charge in [-0.05, 0) is 29.8 Å². The minimum atomic E-state index is -3.75. The Morgan fingerprint density at radius 3 is 2.38 bits per heavy atom. The molecule has 0 atom stereocenters. The summed E-state index contributed by atoms with van der Waals surface area (Å²) in [6, 6.07) is 11.5. The lowest BCUT2D eigenvalue weighted by atomic mass is 10.2. The third-order valence-electron chi connectivity index (χ3n) is 4.95. The van der Waals surface area contributed by atoms with E-state index < -0.39 is 15.8 Å². The van der Waals surface area contributed by atoms with Crippen molar-refractivity contribution < 1.29 is 17.6 Å². The van der Waals surface area contributed by atoms with Gasteiger partial charge in [-0.2, -0.15) is 4.31 Å². The number of rotatable bonds is 5. The number of oxazole rings is 1. The number of piperazine rings is 1. The van der Waals surface area contributed by atoms with Crippen molar-refractivity contribution in [1.29, 1.82) is 0 Å². The van der Waals surface area contributed by atoms with Crippen LogP contribution in [0.1, 0.15) is 5.56 Å². The Labute approximate surface area is 171 Å². The molecule has 8 nitrogen and oxygen atoms in total. The third-order valence-corrected chi connectivity index (χ3v) is 7.10. The molecular formula is C19H18ClN3O5S. The van der Waals surface area contributed by atoms with Gasteiger partial charge in [0.2, 0.25) is 16.4 Å². The zero-order valence-corrected chi connectivity index (χ0v) is 16.9. The van der Waals surface area contributed by atoms with Crippen LogP contribution in [-0.4, -0.2) is 54.8 Å². The lowest BCUT2D eigenvalue weighted by Crippen LogP contribution is -2.47. The van der Waals surface area contributed by atoms with Gasteiger partial charge in [0.25, 0.3) is 0 Å². The van der Waals surface area contributed by atoms with E-state index in [1.165, 1.54) is 25.9 Å². The normalized spacial score (nSPS) is 15.7. The van der Waals surface area contributed by atoms with Gasteiger partial charge in [0.05, 0.1) is 17.0 Å². The summed E-state index contributed by atoms with van der Waals surface area (Å²) in [7, 11) is -3.75. The van der Waals surface area contributed by atoms with Crippen LogP contribution in [0.15, 0.2) is 56.6 Å². The van der Waals surface area contributed by atoms with Crippen molar-refractivity contribution in [2.45, 2.75) is 11.4 Å². The predicted molar refractivity (Wildman–Crippen MR) is 107 cm³/mol. The molecule has 1 aromatic heterocycles. The second-order valence-electron chi connectivity index (χ2n) is 6.76. The SMILES string of the molecule is O=CN1CCN(S(=O)(=O)c2ccc3c(c2)oc(=O)n3Cc2ccc(Cl)cc2)CC1. The summed E-state index contributed by atoms with van der Waals surface area (Å²) in [5.74, 6) is -0.566. The molecule has 1 saturated heterocycles. The summed E-state index contributed by atoms with van der Waals surface area (Å²) < 4.78 is 33.9. The fraction of sp³-hybridized carbons (Fsp3) is 0.263. The van der Waals surface area contributed by atoms with Gasteiger partial charge in [0.1, 0.15) is 0 Å². The van der Waals surface area contributed by atoms with Crippen LogP contribution in [0.2, 0.25) is 5.02 Å². The number of fused-ring (bicyclic) bond motifs is 1. The van der Waals surface area contributed by atoms with Crippen LogP contribution in [0, 0.1) is 0 Å². The van der Waals surface area contributed by atoms with E-state index in [1.807, 2.05) is 12.1 Å². The Kier molecular flexibility index (Phi) is 5.20. The maximum Gasteiger partial charge on any atom is 0.420 e. The van der Waals surface area contributed by atoms with Crippen LogP contribution >= 0.6 is 11.6 Å². The van der Waals surface area contributed by atoms with E-state index >= 15 is 0 Å². The number of carbonyl (C=O) groups is 1. The first kappa shape index (κ1) is 19.7. The summed E-state index contributed by atoms with van der Waals surface area (Å²) in [6.07, 6.45) is 0.716. The van der Waals surface area contributed by atoms with Crippen LogP contribution in [-0.2, 0) is 21.4 Å². The Morgan fingerprint density at radius 1 is 1.03 bits per heavy atom. The van der Waals surface area contributed by atoms with E-state index in [1.54, 1.807) is 18.2 Å². The van der Waals surface area contributed by atoms with Gasteiger partial charge in [-0.15, -0.1) is 0 Å². The van der Waals surface area contributed by atoms with Crippen LogP contribution < -0.4 is 5.76 Å². The molecule has 152 valence electrons. The van der Waals surface area contributed by atoms with Crippen molar-refractivity contribution in [3.63, 3.8) is 0 Å². The summed E-state index contributed by atoms with van der Waals surface area (Å²) in [4.78, 5) is 24.7. The molecule has 2 aromatic carbocycles. The zero-order chi connectivity index (χ0) is 20.6. The summed E-state index contributed by atoms with van der Waals surface area (Å²) in [5, 5.41) is 0.599. The Balaban J connectivity index is 1.64. The van der Waals surface area contributed by atoms with Crippen LogP contribution in [0.25, 0.3) is 11.1 Å². The number of nitrogens with zero attached hydrogens (tertiary/aromatic N) is 3. The monoisotopic (exact) mass is 435 g/mol. The average Bonchev–Trinajstić information content (AvgIpc) is 3.04. The third kappa shape index (κ3) is 3.81. The number of benzene rings is 2. The molecule has 0 N–H and O–H groups in total. The second kappa shape index (κ2) is 7.66. The Hall–Kier alpha value is -2.62. The standard InChI is InChI=1S/C19H18ClN3O5S/c20-15-3-1-14(2-4-15)12-23-17-6-5-16(11-18(17)28-19(23)25)29(26,27)22-9-7-21(13-24)8-10-22/h1-6,11,13H,7-10,12H2. The first-order valence-electron chi connectivity index (χ1n) is 8.96. The Bertz CT molecular complexity index is 1210. The van der Waals surface area contributed by atoms with E-state index in [-0.39, 0.29) is 30.1 Å². The molecule has 1 aliphatic rings. The molecular weight excluding hydrogens is 418 g/mol. The number of halogens is 1. The quantitative estimate of drug-likeness (QED) is 0.569. The lowest BCUT2D eigenvalue weighted by molar-refractivity contribution is -0.119. The highest BCUT2D eigenvalue weighted by Crippen LogP contribution is 2.23. The van der Waals surface area contributed by atoms with E-state index in [0.717, 1.165) is 5.56 Å². The van der Waals surface area contributed by atoms with Gasteiger partial charge in [-0.25, -0.2) is 13.2 Å². The van der Waals surface area contributed by atoms with Crippen LogP contribution in [0.4, 0.5) is 0 Å². The first-order chi connectivity index (χ1) is 13.9. The first-order valence-corrected chi connectivity index (χ1v) is 10.8. The number of sulfonamides is 1. The van der Waals surface area contributed by atoms with E-state index in [4.69, 9.17) is 16.0 Å². The van der Waals surface area contributed by atoms with Gasteiger partial charge < -0.3 is 9.32 Å². The number of aromatic nitrogens is 1. The van der Waals surface area contributed by atoms with Gasteiger partial charge >= 0.3 is 5.76 Å². The maximum atomic E-state index is 12.9. The van der Waals surface area contributed by atoms with Crippen LogP contribution in [0.3, 0.4) is 0 Å². The fourth-order valence-corrected chi connectivity index (χ4v) is 4.89. The second-order valence-corrected chi connectivity index (χ2v) is 9.13. The topological polar surface area (TPSA) is 92.8 Å². The molecule has 0 spiro atoms. The largest absolute Gasteiger partial charge is 0.420 e. The van der Waals surface area contributed by atoms with Crippen molar-refractivity contribution in [1.82, 2.24) is 13.8 Å². The number of carbonyl (C=O) groups excluding carboxylic acids is 1. The lowest BCUT2D eigenvalue weighted by Gasteiger charge is -2.31. The van der Waals surface area contributed by atoms with Crippen molar-refractivity contribution in [2.24, 2.45) is 0 Å². The highest BCUT2D eigenvalue weighted by molar-refractivity contribution is 7.89. The molecule has 0 unspecified atom stereocenters. The summed E-state index contributed by atoms with van der Waals surface area (Å²) in [6.45, 7) is 1.42. The molecule has 1 fully saturated rings. The molecule has 2 heterocycles. The average molecular weight is 436 g/mol. The Morgan fingerprint density at radius 2 is 1.72 bits per heavy atom. The predicted octanol–water partition coefficient (Wildman–Crippen LogP) is 1.76. The van der Waals surface area contributed by atoms with Gasteiger partial charge in [0, 0.05) is 37.3 Å². The molecule has 1 amide bonds. The van der Waals surface area contributed by atoms with Gasteiger partial charge in [-0.1, -0.05) is 23.7 Å². The van der Waals surface area contributed by atoms with Crippen molar-refractivity contribution in [3.05, 3.63) is 63.6 Å². The minimum Gasteiger partial charge on any atom is -0.408 e. The summed E-state index contributed by atoms with van der Waals surface area (Å²) in [5.41, 5.74) is 1.58. The fourth-order valence-electron chi connectivity index (χ4n) is 3.33. The van der Waals surface area contributed by atoms with Crippen molar-refractivity contribution in [2.75, 3.05) is 26.2 Å². The highest BCUT2D eigenvalue weighted by Gasteiger charge is 2.28. The smallest absolute Gasteiger partial charge is 0.408 e. The number of hydrogen-bond donors (Lipinski definition) is 0. The molecule has 0 saturated carbocycles. The molecule has 0 bridgehead atoms. The number of hydrogen-bond acceptors (Lipinski definition) is 5. The molecule has 29 heavy (non-hydrogen) atoms. The van der Waals surface area contributed by atoms with Gasteiger partial charge in [0.15, 0.2) is 5.58 Å². The van der Waals surface area contributed by atoms with E-state index in [9.17, 15) is 18.0 Å². The zero-order valence-electron chi connectivity index (χ0n) is 15.3. The maximum absolute atomic E-state index is 12.9. The van der Waals surface area contributed by atoms with Crippen molar-refractivity contribution >= 4 is 39.1 Å². The minimum absolute atomic E-state index is 0.0527. The van der Waals surface area contributed by atoms with E-state index in [0.29, 0.717) is 30.0 Å². The van der Waals surface area contributed by atoms with Crippen LogP contribution in [0.5, 0.6) is 0 Å². The molecule has 0 radical (unpaired) electrons. The number of amides is 1. The molecule has 4 rings (SSSR count). The van der Waals surface area contributed by atoms with E-state index in [2.05, 4.69) is 0 Å². The molecule has 1 aliphatic heterocycles. The van der Waals surface area contributed by atoms with Gasteiger partial charge in [-0.3, -0.25) is 9.36 Å². The molecule has 10 heteroatoms. The van der Waals surface area contributed by atoms with Crippen molar-refractivity contribution in [3.8, 4) is 0 Å².